The number of nitro groups is 1. The molecule has 92 valence electrons. The molecule has 1 aromatic carbocycles. The van der Waals surface area contributed by atoms with E-state index in [1.165, 1.54) is 6.07 Å². The van der Waals surface area contributed by atoms with E-state index in [9.17, 15) is 14.9 Å². The van der Waals surface area contributed by atoms with Gasteiger partial charge in [-0.25, -0.2) is 0 Å². The summed E-state index contributed by atoms with van der Waals surface area (Å²) in [7, 11) is 0. The van der Waals surface area contributed by atoms with E-state index in [1.807, 2.05) is 0 Å². The van der Waals surface area contributed by atoms with Crippen LogP contribution in [0.1, 0.15) is 12.5 Å². The molecule has 1 rings (SSSR count). The normalized spacial score (nSPS) is 12.1. The number of hydrogen-bond acceptors (Lipinski definition) is 4. The number of hydrogen-bond donors (Lipinski definition) is 2. The van der Waals surface area contributed by atoms with E-state index < -0.39 is 16.9 Å². The van der Waals surface area contributed by atoms with Crippen molar-refractivity contribution in [3.8, 4) is 0 Å². The van der Waals surface area contributed by atoms with E-state index in [1.54, 1.807) is 25.1 Å². The van der Waals surface area contributed by atoms with Crippen LogP contribution < -0.4 is 11.1 Å². The molecule has 0 aliphatic heterocycles. The Kier molecular flexibility index (Phi) is 4.59. The van der Waals surface area contributed by atoms with E-state index in [0.29, 0.717) is 18.5 Å². The van der Waals surface area contributed by atoms with Gasteiger partial charge in [0, 0.05) is 18.2 Å². The minimum Gasteiger partial charge on any atom is -0.368 e. The molecular weight excluding hydrogens is 222 g/mol. The van der Waals surface area contributed by atoms with E-state index in [-0.39, 0.29) is 5.69 Å². The molecule has 0 aromatic heterocycles. The molecule has 1 unspecified atom stereocenters. The predicted octanol–water partition coefficient (Wildman–Crippen LogP) is 0.601. The molecule has 6 nitrogen and oxygen atoms in total. The predicted molar refractivity (Wildman–Crippen MR) is 63.5 cm³/mol. The third-order valence-corrected chi connectivity index (χ3v) is 2.46. The highest BCUT2D eigenvalue weighted by atomic mass is 16.6. The van der Waals surface area contributed by atoms with E-state index in [4.69, 9.17) is 5.73 Å². The lowest BCUT2D eigenvalue weighted by atomic mass is 10.1. The summed E-state index contributed by atoms with van der Waals surface area (Å²) in [4.78, 5) is 21.1. The van der Waals surface area contributed by atoms with Gasteiger partial charge >= 0.3 is 0 Å². The largest absolute Gasteiger partial charge is 0.368 e. The smallest absolute Gasteiger partial charge is 0.272 e. The van der Waals surface area contributed by atoms with Gasteiger partial charge in [-0.2, -0.15) is 0 Å². The first-order valence-electron chi connectivity index (χ1n) is 5.27. The minimum atomic E-state index is -0.437. The minimum absolute atomic E-state index is 0.0982. The number of primary amides is 1. The van der Waals surface area contributed by atoms with Crippen molar-refractivity contribution in [2.75, 3.05) is 6.54 Å². The molecule has 1 amide bonds. The molecule has 0 aliphatic rings. The maximum absolute atomic E-state index is 10.8. The second-order valence-electron chi connectivity index (χ2n) is 3.71. The van der Waals surface area contributed by atoms with Crippen LogP contribution in [0.4, 0.5) is 5.69 Å². The summed E-state index contributed by atoms with van der Waals surface area (Å²) in [5.74, 6) is -0.437. The van der Waals surface area contributed by atoms with Gasteiger partial charge < -0.3 is 11.1 Å². The van der Waals surface area contributed by atoms with Crippen LogP contribution in [0.25, 0.3) is 0 Å². The Bertz CT molecular complexity index is 420. The first-order chi connectivity index (χ1) is 8.02. The van der Waals surface area contributed by atoms with Gasteiger partial charge in [-0.3, -0.25) is 14.9 Å². The highest BCUT2D eigenvalue weighted by Gasteiger charge is 2.12. The van der Waals surface area contributed by atoms with Crippen LogP contribution in [0.15, 0.2) is 24.3 Å². The number of para-hydroxylation sites is 1. The first kappa shape index (κ1) is 13.1. The fourth-order valence-electron chi connectivity index (χ4n) is 1.42. The van der Waals surface area contributed by atoms with Crippen LogP contribution in [0.5, 0.6) is 0 Å². The van der Waals surface area contributed by atoms with Crippen LogP contribution in [0, 0.1) is 10.1 Å². The molecule has 6 heteroatoms. The fourth-order valence-corrected chi connectivity index (χ4v) is 1.42. The van der Waals surface area contributed by atoms with Crippen molar-refractivity contribution in [2.45, 2.75) is 19.4 Å². The van der Waals surface area contributed by atoms with Crippen LogP contribution in [0.3, 0.4) is 0 Å². The zero-order chi connectivity index (χ0) is 12.8. The quantitative estimate of drug-likeness (QED) is 0.559. The average molecular weight is 237 g/mol. The van der Waals surface area contributed by atoms with Gasteiger partial charge in [0.05, 0.1) is 11.0 Å². The first-order valence-corrected chi connectivity index (χ1v) is 5.27. The Balaban J connectivity index is 2.58. The van der Waals surface area contributed by atoms with Crippen LogP contribution in [-0.2, 0) is 11.2 Å². The molecule has 3 N–H and O–H groups in total. The Hall–Kier alpha value is -1.95. The molecule has 0 radical (unpaired) electrons. The van der Waals surface area contributed by atoms with E-state index in [2.05, 4.69) is 5.32 Å². The van der Waals surface area contributed by atoms with E-state index in [0.717, 1.165) is 0 Å². The third kappa shape index (κ3) is 3.84. The van der Waals surface area contributed by atoms with Crippen molar-refractivity contribution in [1.29, 1.82) is 0 Å². The van der Waals surface area contributed by atoms with Crippen molar-refractivity contribution >= 4 is 11.6 Å². The maximum Gasteiger partial charge on any atom is 0.272 e. The Morgan fingerprint density at radius 3 is 2.76 bits per heavy atom. The fraction of sp³-hybridized carbons (Fsp3) is 0.364. The molecule has 1 aromatic rings. The van der Waals surface area contributed by atoms with Crippen LogP contribution in [-0.4, -0.2) is 23.4 Å². The lowest BCUT2D eigenvalue weighted by Gasteiger charge is -2.09. The molecule has 1 atom stereocenters. The molecule has 0 fully saturated rings. The molecule has 0 heterocycles. The summed E-state index contributed by atoms with van der Waals surface area (Å²) in [5, 5.41) is 13.6. The standard InChI is InChI=1S/C11H15N3O3/c1-8(11(12)15)13-7-6-9-4-2-3-5-10(9)14(16)17/h2-5,8,13H,6-7H2,1H3,(H2,12,15). The zero-order valence-electron chi connectivity index (χ0n) is 9.55. The second kappa shape index (κ2) is 5.95. The van der Waals surface area contributed by atoms with Crippen LogP contribution in [0.2, 0.25) is 0 Å². The third-order valence-electron chi connectivity index (χ3n) is 2.46. The van der Waals surface area contributed by atoms with Crippen molar-refractivity contribution in [1.82, 2.24) is 5.32 Å². The number of carbonyl (C=O) groups is 1. The van der Waals surface area contributed by atoms with Crippen molar-refractivity contribution in [3.05, 3.63) is 39.9 Å². The number of nitro benzene ring substituents is 1. The zero-order valence-corrected chi connectivity index (χ0v) is 9.55. The summed E-state index contributed by atoms with van der Waals surface area (Å²) in [6, 6.07) is 6.11. The number of nitrogens with zero attached hydrogens (tertiary/aromatic N) is 1. The number of amides is 1. The molecule has 0 saturated carbocycles. The number of rotatable bonds is 6. The Morgan fingerprint density at radius 1 is 1.53 bits per heavy atom. The Labute approximate surface area is 99.0 Å². The average Bonchev–Trinajstić information content (AvgIpc) is 2.29. The maximum atomic E-state index is 10.8. The summed E-state index contributed by atoms with van der Waals surface area (Å²) >= 11 is 0. The van der Waals surface area contributed by atoms with Crippen LogP contribution >= 0.6 is 0 Å². The Morgan fingerprint density at radius 2 is 2.18 bits per heavy atom. The monoisotopic (exact) mass is 237 g/mol. The van der Waals surface area contributed by atoms with Gasteiger partial charge in [-0.1, -0.05) is 18.2 Å². The highest BCUT2D eigenvalue weighted by Crippen LogP contribution is 2.17. The number of carbonyl (C=O) groups excluding carboxylic acids is 1. The van der Waals surface area contributed by atoms with Gasteiger partial charge in [-0.15, -0.1) is 0 Å². The molecule has 0 aliphatic carbocycles. The summed E-state index contributed by atoms with van der Waals surface area (Å²) in [6.45, 7) is 2.12. The SMILES string of the molecule is CC(NCCc1ccccc1[N+](=O)[O-])C(N)=O. The lowest BCUT2D eigenvalue weighted by molar-refractivity contribution is -0.385. The lowest BCUT2D eigenvalue weighted by Crippen LogP contribution is -2.39. The number of nitrogens with two attached hydrogens (primary N) is 1. The van der Waals surface area contributed by atoms with Gasteiger partial charge in [0.25, 0.3) is 5.69 Å². The topological polar surface area (TPSA) is 98.3 Å². The molecular formula is C11H15N3O3. The van der Waals surface area contributed by atoms with Gasteiger partial charge in [-0.05, 0) is 13.3 Å². The van der Waals surface area contributed by atoms with Crippen molar-refractivity contribution in [2.24, 2.45) is 5.73 Å². The molecule has 0 bridgehead atoms. The second-order valence-corrected chi connectivity index (χ2v) is 3.71. The van der Waals surface area contributed by atoms with Crippen molar-refractivity contribution < 1.29 is 9.72 Å². The van der Waals surface area contributed by atoms with Gasteiger partial charge in [0.2, 0.25) is 5.91 Å². The van der Waals surface area contributed by atoms with E-state index >= 15 is 0 Å². The summed E-state index contributed by atoms with van der Waals surface area (Å²) < 4.78 is 0. The van der Waals surface area contributed by atoms with Crippen molar-refractivity contribution in [3.63, 3.8) is 0 Å². The molecule has 0 spiro atoms. The number of benzene rings is 1. The number of nitrogens with one attached hydrogen (secondary N) is 1. The summed E-state index contributed by atoms with van der Waals surface area (Å²) in [5.41, 5.74) is 5.82. The molecule has 17 heavy (non-hydrogen) atoms. The van der Waals surface area contributed by atoms with Gasteiger partial charge in [0.15, 0.2) is 0 Å². The molecule has 0 saturated heterocycles. The highest BCUT2D eigenvalue weighted by molar-refractivity contribution is 5.79. The summed E-state index contributed by atoms with van der Waals surface area (Å²) in [6.07, 6.45) is 0.481. The van der Waals surface area contributed by atoms with Gasteiger partial charge in [0.1, 0.15) is 0 Å².